The van der Waals surface area contributed by atoms with Gasteiger partial charge in [0.2, 0.25) is 15.9 Å². The summed E-state index contributed by atoms with van der Waals surface area (Å²) in [5, 5.41) is 8.97. The summed E-state index contributed by atoms with van der Waals surface area (Å²) in [5.74, 6) is -3.47. The summed E-state index contributed by atoms with van der Waals surface area (Å²) in [6, 6.07) is 5.17. The first kappa shape index (κ1) is 21.6. The molecule has 0 amide bonds. The lowest BCUT2D eigenvalue weighted by Crippen LogP contribution is -2.63. The van der Waals surface area contributed by atoms with Gasteiger partial charge in [-0.05, 0) is 44.5 Å². The lowest BCUT2D eigenvalue weighted by atomic mass is 9.88. The van der Waals surface area contributed by atoms with E-state index >= 15 is 0 Å². The van der Waals surface area contributed by atoms with Gasteiger partial charge in [0.1, 0.15) is 10.7 Å². The maximum Gasteiger partial charge on any atom is 0.248 e. The maximum atomic E-state index is 14.1. The van der Waals surface area contributed by atoms with Crippen molar-refractivity contribution < 1.29 is 26.3 Å². The topological polar surface area (TPSA) is 73.6 Å². The molecule has 1 aromatic carbocycles. The fourth-order valence-corrected chi connectivity index (χ4v) is 6.39. The number of halogens is 3. The minimum atomic E-state index is -4.07. The number of alkyl halides is 2. The Kier molecular flexibility index (Phi) is 5.37. The molecule has 10 heteroatoms. The Morgan fingerprint density at radius 2 is 1.90 bits per heavy atom. The molecule has 0 N–H and O–H groups in total. The molecular formula is C20H24F3N3O3S. The van der Waals surface area contributed by atoms with E-state index in [2.05, 4.69) is 4.90 Å². The van der Waals surface area contributed by atoms with Crippen molar-refractivity contribution in [3.63, 3.8) is 0 Å². The molecule has 1 aliphatic carbocycles. The van der Waals surface area contributed by atoms with Crippen LogP contribution in [0, 0.1) is 17.1 Å². The zero-order valence-electron chi connectivity index (χ0n) is 16.7. The molecule has 164 valence electrons. The molecule has 1 unspecified atom stereocenters. The average Bonchev–Trinajstić information content (AvgIpc) is 3.12. The molecule has 1 atom stereocenters. The number of nitrogens with zero attached hydrogens (tertiary/aromatic N) is 3. The zero-order chi connectivity index (χ0) is 21.7. The van der Waals surface area contributed by atoms with Gasteiger partial charge in [0.05, 0.1) is 23.8 Å². The molecule has 3 aliphatic rings. The quantitative estimate of drug-likeness (QED) is 0.716. The summed E-state index contributed by atoms with van der Waals surface area (Å²) in [5.41, 5.74) is -0.560. The van der Waals surface area contributed by atoms with E-state index in [-0.39, 0.29) is 43.6 Å². The van der Waals surface area contributed by atoms with Crippen molar-refractivity contribution in [2.75, 3.05) is 26.7 Å². The van der Waals surface area contributed by atoms with E-state index in [1.54, 1.807) is 0 Å². The summed E-state index contributed by atoms with van der Waals surface area (Å²) in [7, 11) is -2.16. The van der Waals surface area contributed by atoms with Crippen LogP contribution in [0.4, 0.5) is 13.2 Å². The molecule has 1 saturated carbocycles. The van der Waals surface area contributed by atoms with E-state index in [4.69, 9.17) is 10.00 Å². The number of ether oxygens (including phenoxy) is 1. The number of benzene rings is 1. The van der Waals surface area contributed by atoms with Gasteiger partial charge in [0.25, 0.3) is 0 Å². The molecular weight excluding hydrogens is 419 g/mol. The summed E-state index contributed by atoms with van der Waals surface area (Å²) in [4.78, 5) is 1.59. The van der Waals surface area contributed by atoms with Crippen LogP contribution in [0.1, 0.15) is 37.7 Å². The largest absolute Gasteiger partial charge is 0.371 e. The summed E-state index contributed by atoms with van der Waals surface area (Å²) < 4.78 is 73.7. The molecule has 0 radical (unpaired) electrons. The van der Waals surface area contributed by atoms with Gasteiger partial charge in [-0.25, -0.2) is 21.6 Å². The molecule has 2 saturated heterocycles. The van der Waals surface area contributed by atoms with Crippen molar-refractivity contribution >= 4 is 10.0 Å². The molecule has 6 nitrogen and oxygen atoms in total. The first-order chi connectivity index (χ1) is 14.1. The highest BCUT2D eigenvalue weighted by Gasteiger charge is 2.55. The highest BCUT2D eigenvalue weighted by molar-refractivity contribution is 7.89. The first-order valence-electron chi connectivity index (χ1n) is 9.99. The number of hydrogen-bond donors (Lipinski definition) is 0. The van der Waals surface area contributed by atoms with Crippen molar-refractivity contribution in [3.05, 3.63) is 29.6 Å². The second-order valence-corrected chi connectivity index (χ2v) is 10.5. The summed E-state index contributed by atoms with van der Waals surface area (Å²) in [6.07, 6.45) is 1.24. The van der Waals surface area contributed by atoms with Crippen LogP contribution in [-0.2, 0) is 14.8 Å². The van der Waals surface area contributed by atoms with Crippen molar-refractivity contribution in [1.82, 2.24) is 9.21 Å². The van der Waals surface area contributed by atoms with Crippen molar-refractivity contribution in [1.29, 1.82) is 5.26 Å². The Bertz CT molecular complexity index is 963. The van der Waals surface area contributed by atoms with Crippen molar-refractivity contribution in [2.24, 2.45) is 0 Å². The Labute approximate surface area is 174 Å². The van der Waals surface area contributed by atoms with E-state index in [0.29, 0.717) is 25.9 Å². The molecule has 3 fully saturated rings. The van der Waals surface area contributed by atoms with Gasteiger partial charge < -0.3 is 4.74 Å². The Balaban J connectivity index is 1.39. The third-order valence-electron chi connectivity index (χ3n) is 6.64. The van der Waals surface area contributed by atoms with Crippen LogP contribution in [0.25, 0.3) is 0 Å². The molecule has 0 bridgehead atoms. The van der Waals surface area contributed by atoms with E-state index in [0.717, 1.165) is 16.4 Å². The standard InChI is InChI=1S/C20H24F3N3O3S/c1-25(15-4-6-20(22,23)7-5-15)16-9-19(29-11-16)12-26(13-19)30(27,28)18-8-14(10-24)2-3-17(18)21/h2-3,8,15-16H,4-7,9,11-13H2,1H3. The van der Waals surface area contributed by atoms with Gasteiger partial charge in [-0.3, -0.25) is 4.90 Å². The predicted octanol–water partition coefficient (Wildman–Crippen LogP) is 2.74. The van der Waals surface area contributed by atoms with Crippen LogP contribution >= 0.6 is 0 Å². The van der Waals surface area contributed by atoms with Gasteiger partial charge in [0.15, 0.2) is 0 Å². The third kappa shape index (κ3) is 3.84. The minimum Gasteiger partial charge on any atom is -0.371 e. The average molecular weight is 443 g/mol. The number of rotatable bonds is 4. The summed E-state index contributed by atoms with van der Waals surface area (Å²) in [6.45, 7) is 0.632. The number of likely N-dealkylation sites (N-methyl/N-ethyl adjacent to an activating group) is 1. The lowest BCUT2D eigenvalue weighted by Gasteiger charge is -2.46. The van der Waals surface area contributed by atoms with E-state index in [1.165, 1.54) is 6.07 Å². The Morgan fingerprint density at radius 1 is 1.23 bits per heavy atom. The number of hydrogen-bond acceptors (Lipinski definition) is 5. The monoisotopic (exact) mass is 443 g/mol. The fraction of sp³-hybridized carbons (Fsp3) is 0.650. The third-order valence-corrected chi connectivity index (χ3v) is 8.44. The minimum absolute atomic E-state index is 0.0326. The molecule has 1 aromatic rings. The lowest BCUT2D eigenvalue weighted by molar-refractivity contribution is -0.0777. The summed E-state index contributed by atoms with van der Waals surface area (Å²) >= 11 is 0. The van der Waals surface area contributed by atoms with Crippen molar-refractivity contribution in [2.45, 2.75) is 60.6 Å². The van der Waals surface area contributed by atoms with Gasteiger partial charge in [-0.15, -0.1) is 0 Å². The first-order valence-corrected chi connectivity index (χ1v) is 11.4. The van der Waals surface area contributed by atoms with Crippen LogP contribution in [0.15, 0.2) is 23.1 Å². The van der Waals surface area contributed by atoms with Crippen LogP contribution < -0.4 is 0 Å². The van der Waals surface area contributed by atoms with Crippen molar-refractivity contribution in [3.8, 4) is 6.07 Å². The molecule has 1 spiro atoms. The Hall–Kier alpha value is -1.67. The van der Waals surface area contributed by atoms with Crippen LogP contribution in [-0.4, -0.2) is 68.0 Å². The van der Waals surface area contributed by atoms with Gasteiger partial charge >= 0.3 is 0 Å². The highest BCUT2D eigenvalue weighted by Crippen LogP contribution is 2.42. The second kappa shape index (κ2) is 7.48. The maximum absolute atomic E-state index is 14.1. The molecule has 0 aromatic heterocycles. The SMILES string of the molecule is CN(C1CCC(F)(F)CC1)C1COC2(C1)CN(S(=O)(=O)c1cc(C#N)ccc1F)C2. The fourth-order valence-electron chi connectivity index (χ4n) is 4.71. The van der Waals surface area contributed by atoms with Crippen LogP contribution in [0.2, 0.25) is 0 Å². The van der Waals surface area contributed by atoms with E-state index in [1.807, 2.05) is 13.1 Å². The smallest absolute Gasteiger partial charge is 0.248 e. The van der Waals surface area contributed by atoms with Crippen LogP contribution in [0.5, 0.6) is 0 Å². The number of nitriles is 1. The molecule has 4 rings (SSSR count). The highest BCUT2D eigenvalue weighted by atomic mass is 32.2. The van der Waals surface area contributed by atoms with E-state index < -0.39 is 32.3 Å². The number of sulfonamides is 1. The van der Waals surface area contributed by atoms with Crippen LogP contribution in [0.3, 0.4) is 0 Å². The Morgan fingerprint density at radius 3 is 2.53 bits per heavy atom. The molecule has 2 heterocycles. The van der Waals surface area contributed by atoms with Gasteiger partial charge in [-0.2, -0.15) is 9.57 Å². The predicted molar refractivity (Wildman–Crippen MR) is 102 cm³/mol. The van der Waals surface area contributed by atoms with E-state index in [9.17, 15) is 21.6 Å². The zero-order valence-corrected chi connectivity index (χ0v) is 17.5. The van der Waals surface area contributed by atoms with Gasteiger partial charge in [-0.1, -0.05) is 0 Å². The molecule has 30 heavy (non-hydrogen) atoms. The second-order valence-electron chi connectivity index (χ2n) is 8.63. The normalized spacial score (nSPS) is 26.6. The molecule has 2 aliphatic heterocycles. The van der Waals surface area contributed by atoms with Gasteiger partial charge in [0, 0.05) is 38.0 Å².